The molecule has 0 amide bonds. The Morgan fingerprint density at radius 1 is 1.28 bits per heavy atom. The number of hydrogen-bond donors (Lipinski definition) is 2. The summed E-state index contributed by atoms with van der Waals surface area (Å²) in [4.78, 5) is 47.4. The Morgan fingerprint density at radius 3 is 2.48 bits per heavy atom. The molecule has 0 aliphatic carbocycles. The average molecular weight is 446 g/mol. The van der Waals surface area contributed by atoms with Crippen molar-refractivity contribution >= 4 is 7.82 Å². The molecule has 3 atom stereocenters. The van der Waals surface area contributed by atoms with E-state index in [9.17, 15) is 33.4 Å². The fourth-order valence-corrected chi connectivity index (χ4v) is 3.06. The van der Waals surface area contributed by atoms with Crippen LogP contribution in [0.2, 0.25) is 0 Å². The third-order valence-electron chi connectivity index (χ3n) is 4.03. The van der Waals surface area contributed by atoms with Gasteiger partial charge in [0.2, 0.25) is 0 Å². The Hall–Kier alpha value is -0.140. The minimum absolute atomic E-state index is 0. The Bertz CT molecular complexity index is 993. The molecule has 2 N–H and O–H groups in total. The first-order chi connectivity index (χ1) is 12.6. The maximum Gasteiger partial charge on any atom is 1.00 e. The van der Waals surface area contributed by atoms with Crippen LogP contribution in [0.5, 0.6) is 0 Å². The van der Waals surface area contributed by atoms with Gasteiger partial charge in [0.1, 0.15) is 18.1 Å². The van der Waals surface area contributed by atoms with E-state index >= 15 is 0 Å². The van der Waals surface area contributed by atoms with Gasteiger partial charge >= 0.3 is 64.8 Å². The van der Waals surface area contributed by atoms with Gasteiger partial charge < -0.3 is 28.7 Å². The van der Waals surface area contributed by atoms with Gasteiger partial charge in [-0.25, -0.2) is 9.18 Å². The Morgan fingerprint density at radius 2 is 1.90 bits per heavy atom. The quantitative estimate of drug-likeness (QED) is 0.339. The van der Waals surface area contributed by atoms with Gasteiger partial charge in [-0.3, -0.25) is 14.3 Å². The third-order valence-corrected chi connectivity index (χ3v) is 4.50. The molecule has 2 heterocycles. The molecule has 29 heavy (non-hydrogen) atoms. The van der Waals surface area contributed by atoms with Gasteiger partial charge in [-0.2, -0.15) is 0 Å². The zero-order valence-electron chi connectivity index (χ0n) is 15.6. The molecule has 1 fully saturated rings. The summed E-state index contributed by atoms with van der Waals surface area (Å²) in [5.41, 5.74) is -1.10. The normalized spacial score (nSPS) is 21.3. The number of ether oxygens (including phenoxy) is 1. The summed E-state index contributed by atoms with van der Waals surface area (Å²) in [6, 6.07) is 5.01. The van der Waals surface area contributed by atoms with Crippen molar-refractivity contribution in [1.29, 1.82) is 0 Å². The standard InChI is InChI=1S/C15H16FN2O8P.2Na/c16-9-3-1-8(2-4-9)10-6-18(15(21)17-14(10)20)13-5-11(19)12(26-13)7-25-27(22,23)24;;/h1-4,6,11-13,19H,5,7H2,(H,17,20,21)(H2,22,23,24);;/q;2*+1/p-2/t11?,12-,13-;;/m1../s1. The van der Waals surface area contributed by atoms with Crippen molar-refractivity contribution in [2.45, 2.75) is 24.9 Å². The smallest absolute Gasteiger partial charge is 0.790 e. The molecule has 146 valence electrons. The molecule has 1 saturated heterocycles. The van der Waals surface area contributed by atoms with E-state index in [1.54, 1.807) is 0 Å². The number of nitrogens with one attached hydrogen (secondary N) is 1. The zero-order valence-corrected chi connectivity index (χ0v) is 20.5. The maximum absolute atomic E-state index is 13.1. The van der Waals surface area contributed by atoms with Gasteiger partial charge in [-0.05, 0) is 17.7 Å². The first-order valence-corrected chi connectivity index (χ1v) is 9.21. The second-order valence-corrected chi connectivity index (χ2v) is 7.04. The number of aliphatic hydroxyl groups is 1. The number of aliphatic hydroxyl groups excluding tert-OH is 1. The van der Waals surface area contributed by atoms with Crippen molar-refractivity contribution in [3.8, 4) is 11.1 Å². The van der Waals surface area contributed by atoms with E-state index in [1.807, 2.05) is 0 Å². The van der Waals surface area contributed by atoms with Crippen LogP contribution in [-0.4, -0.2) is 33.5 Å². The molecule has 2 aromatic rings. The van der Waals surface area contributed by atoms with Crippen LogP contribution >= 0.6 is 7.82 Å². The molecular formula is C15H14FN2Na2O8P. The van der Waals surface area contributed by atoms with Crippen molar-refractivity contribution in [2.24, 2.45) is 0 Å². The van der Waals surface area contributed by atoms with E-state index in [0.29, 0.717) is 5.56 Å². The summed E-state index contributed by atoms with van der Waals surface area (Å²) >= 11 is 0. The molecule has 0 saturated carbocycles. The molecule has 0 radical (unpaired) electrons. The largest absolute Gasteiger partial charge is 1.00 e. The number of H-pyrrole nitrogens is 1. The van der Waals surface area contributed by atoms with E-state index in [0.717, 1.165) is 16.7 Å². The number of aromatic nitrogens is 2. The van der Waals surface area contributed by atoms with Gasteiger partial charge in [0.05, 0.1) is 26.1 Å². The van der Waals surface area contributed by atoms with E-state index in [4.69, 9.17) is 4.74 Å². The molecule has 1 aliphatic heterocycles. The third kappa shape index (κ3) is 6.93. The molecule has 0 spiro atoms. The van der Waals surface area contributed by atoms with Gasteiger partial charge in [-0.15, -0.1) is 0 Å². The molecule has 1 aromatic heterocycles. The Kier molecular flexibility index (Phi) is 10.1. The summed E-state index contributed by atoms with van der Waals surface area (Å²) in [5, 5.41) is 9.95. The molecule has 3 rings (SSSR count). The molecule has 10 nitrogen and oxygen atoms in total. The predicted octanol–water partition coefficient (Wildman–Crippen LogP) is -7.16. The minimum Gasteiger partial charge on any atom is -0.790 e. The molecule has 1 aliphatic rings. The van der Waals surface area contributed by atoms with Crippen LogP contribution in [0, 0.1) is 5.82 Å². The van der Waals surface area contributed by atoms with E-state index in [-0.39, 0.29) is 71.1 Å². The molecule has 0 bridgehead atoms. The minimum atomic E-state index is -5.24. The van der Waals surface area contributed by atoms with Crippen LogP contribution in [0.15, 0.2) is 40.1 Å². The molecular weight excluding hydrogens is 432 g/mol. The van der Waals surface area contributed by atoms with Crippen LogP contribution < -0.4 is 80.2 Å². The Balaban J connectivity index is 0.00000210. The summed E-state index contributed by atoms with van der Waals surface area (Å²) in [5.74, 6) is -0.498. The van der Waals surface area contributed by atoms with Crippen molar-refractivity contribution < 1.29 is 92.2 Å². The fourth-order valence-electron chi connectivity index (χ4n) is 2.73. The summed E-state index contributed by atoms with van der Waals surface area (Å²) < 4.78 is 34.1. The zero-order chi connectivity index (χ0) is 19.8. The molecule has 1 aromatic carbocycles. The van der Waals surface area contributed by atoms with Crippen LogP contribution in [0.3, 0.4) is 0 Å². The van der Waals surface area contributed by atoms with Gasteiger partial charge in [0, 0.05) is 12.6 Å². The number of halogens is 1. The monoisotopic (exact) mass is 446 g/mol. The topological polar surface area (TPSA) is 157 Å². The van der Waals surface area contributed by atoms with Gasteiger partial charge in [0.25, 0.3) is 5.56 Å². The van der Waals surface area contributed by atoms with Crippen molar-refractivity contribution in [1.82, 2.24) is 9.55 Å². The molecule has 1 unspecified atom stereocenters. The number of nitrogens with zero attached hydrogens (tertiary/aromatic N) is 1. The predicted molar refractivity (Wildman–Crippen MR) is 84.8 cm³/mol. The second-order valence-electron chi connectivity index (χ2n) is 5.89. The fraction of sp³-hybridized carbons (Fsp3) is 0.333. The summed E-state index contributed by atoms with van der Waals surface area (Å²) in [6.07, 6.45) is -2.30. The maximum atomic E-state index is 13.1. The van der Waals surface area contributed by atoms with Crippen molar-refractivity contribution in [3.63, 3.8) is 0 Å². The average Bonchev–Trinajstić information content (AvgIpc) is 2.94. The summed E-state index contributed by atoms with van der Waals surface area (Å²) in [6.45, 7) is -0.704. The van der Waals surface area contributed by atoms with Crippen LogP contribution in [-0.2, 0) is 13.8 Å². The van der Waals surface area contributed by atoms with Crippen molar-refractivity contribution in [2.75, 3.05) is 6.61 Å². The number of aromatic amines is 1. The van der Waals surface area contributed by atoms with E-state index in [1.165, 1.54) is 18.3 Å². The summed E-state index contributed by atoms with van der Waals surface area (Å²) in [7, 11) is -5.24. The van der Waals surface area contributed by atoms with Gasteiger partial charge in [0.15, 0.2) is 0 Å². The van der Waals surface area contributed by atoms with Crippen LogP contribution in [0.4, 0.5) is 4.39 Å². The van der Waals surface area contributed by atoms with Crippen LogP contribution in [0.1, 0.15) is 12.6 Å². The number of phosphoric acid groups is 1. The van der Waals surface area contributed by atoms with Crippen LogP contribution in [0.25, 0.3) is 11.1 Å². The number of phosphoric ester groups is 1. The van der Waals surface area contributed by atoms with E-state index < -0.39 is 49.9 Å². The number of hydrogen-bond acceptors (Lipinski definition) is 8. The van der Waals surface area contributed by atoms with Gasteiger partial charge in [-0.1, -0.05) is 12.1 Å². The molecule has 14 heteroatoms. The van der Waals surface area contributed by atoms with Crippen molar-refractivity contribution in [3.05, 3.63) is 57.1 Å². The van der Waals surface area contributed by atoms with E-state index in [2.05, 4.69) is 9.51 Å². The first kappa shape index (κ1) is 26.9. The Labute approximate surface area is 207 Å². The number of rotatable bonds is 5. The SMILES string of the molecule is O=c1[nH]c(=O)n([C@H]2CC(O)[C@@H](COP(=O)([O-])[O-])O2)cc1-c1ccc(F)cc1.[Na+].[Na+]. The first-order valence-electron chi connectivity index (χ1n) is 7.75. The number of benzene rings is 1. The second kappa shape index (κ2) is 10.9.